The van der Waals surface area contributed by atoms with Crippen LogP contribution in [0, 0.1) is 5.82 Å². The van der Waals surface area contributed by atoms with Crippen LogP contribution in [0.5, 0.6) is 0 Å². The van der Waals surface area contributed by atoms with Gasteiger partial charge in [-0.25, -0.2) is 19.3 Å². The molecule has 1 saturated heterocycles. The van der Waals surface area contributed by atoms with E-state index < -0.39 is 5.82 Å². The molecule has 2 aliphatic heterocycles. The number of rotatable bonds is 3. The van der Waals surface area contributed by atoms with Crippen LogP contribution in [0.15, 0.2) is 42.6 Å². The Hall–Kier alpha value is -4.39. The fourth-order valence-corrected chi connectivity index (χ4v) is 7.23. The highest BCUT2D eigenvalue weighted by molar-refractivity contribution is 6.29. The third-order valence-electron chi connectivity index (χ3n) is 9.67. The summed E-state index contributed by atoms with van der Waals surface area (Å²) >= 11 is 6.19. The van der Waals surface area contributed by atoms with Gasteiger partial charge in [-0.3, -0.25) is 9.59 Å². The molecule has 11 nitrogen and oxygen atoms in total. The molecular formula is C35H38ClFN8O3. The summed E-state index contributed by atoms with van der Waals surface area (Å²) in [4.78, 5) is 42.5. The SMILES string of the molecule is CO[C@@H]1CCN(C(=O)c2cc(F)c3c(c2)nc(-c2cc4ccc5nc4n2CCCCCc2cc(Cl)ncc2C(=O)N[C@@H]5C)n3C)C[C@@H]1N. The third-order valence-corrected chi connectivity index (χ3v) is 9.87. The molecule has 250 valence electrons. The van der Waals surface area contributed by atoms with Crippen LogP contribution in [0.3, 0.4) is 0 Å². The van der Waals surface area contributed by atoms with Gasteiger partial charge in [-0.2, -0.15) is 0 Å². The zero-order valence-electron chi connectivity index (χ0n) is 27.2. The van der Waals surface area contributed by atoms with Crippen LogP contribution in [0.25, 0.3) is 33.6 Å². The molecule has 0 saturated carbocycles. The van der Waals surface area contributed by atoms with E-state index in [9.17, 15) is 9.59 Å². The first-order chi connectivity index (χ1) is 23.1. The summed E-state index contributed by atoms with van der Waals surface area (Å²) in [5.74, 6) is -0.465. The number of imidazole rings is 1. The zero-order valence-corrected chi connectivity index (χ0v) is 27.9. The van der Waals surface area contributed by atoms with Gasteiger partial charge >= 0.3 is 0 Å². The Kier molecular flexibility index (Phi) is 8.65. The van der Waals surface area contributed by atoms with E-state index in [0.29, 0.717) is 65.7 Å². The standard InChI is InChI=1S/C35H38ClFN8O3/c1-19-26-9-8-21-15-28(45(32(21)41-26)11-6-4-5-7-20-16-30(36)39-17-23(20)34(46)40-19)33-42-27-14-22(13-24(37)31(27)43(33)2)35(47)44-12-10-29(48-3)25(38)18-44/h8-9,13-17,19,25,29H,4-7,10-12,18,38H2,1-3H3,(H,40,46)/t19-,25+,29-/m1/s1. The maximum absolute atomic E-state index is 15.8. The predicted octanol–water partition coefficient (Wildman–Crippen LogP) is 5.18. The second kappa shape index (κ2) is 12.9. The van der Waals surface area contributed by atoms with E-state index in [2.05, 4.69) is 14.9 Å². The lowest BCUT2D eigenvalue weighted by molar-refractivity contribution is 0.0227. The van der Waals surface area contributed by atoms with Crippen molar-refractivity contribution in [3.05, 3.63) is 75.9 Å². The van der Waals surface area contributed by atoms with Crippen molar-refractivity contribution in [2.45, 2.75) is 63.8 Å². The van der Waals surface area contributed by atoms with Crippen molar-refractivity contribution in [2.24, 2.45) is 12.8 Å². The number of hydrogen-bond donors (Lipinski definition) is 2. The van der Waals surface area contributed by atoms with Gasteiger partial charge in [0.2, 0.25) is 0 Å². The second-order valence-electron chi connectivity index (χ2n) is 12.8. The lowest BCUT2D eigenvalue weighted by Crippen LogP contribution is -2.53. The average molecular weight is 673 g/mol. The van der Waals surface area contributed by atoms with E-state index in [1.54, 1.807) is 35.8 Å². The van der Waals surface area contributed by atoms with Gasteiger partial charge in [0.15, 0.2) is 5.82 Å². The van der Waals surface area contributed by atoms with Crippen LogP contribution < -0.4 is 11.1 Å². The topological polar surface area (TPSA) is 133 Å². The van der Waals surface area contributed by atoms with Gasteiger partial charge in [0.25, 0.3) is 11.8 Å². The zero-order chi connectivity index (χ0) is 33.7. The normalized spacial score (nSPS) is 20.6. The molecule has 5 aromatic rings. The fraction of sp³-hybridized carbons (Fsp3) is 0.400. The number of likely N-dealkylation sites (tertiary alicyclic amines) is 1. The number of nitrogens with two attached hydrogens (primary N) is 1. The molecule has 3 N–H and O–H groups in total. The number of benzene rings is 1. The molecule has 1 aromatic carbocycles. The van der Waals surface area contributed by atoms with Crippen LogP contribution in [0.1, 0.15) is 70.6 Å². The molecule has 6 heterocycles. The van der Waals surface area contributed by atoms with Crippen LogP contribution in [0.4, 0.5) is 4.39 Å². The van der Waals surface area contributed by atoms with Gasteiger partial charge in [-0.05, 0) is 74.6 Å². The number of hydrogen-bond acceptors (Lipinski definition) is 7. The van der Waals surface area contributed by atoms with E-state index >= 15 is 4.39 Å². The van der Waals surface area contributed by atoms with Crippen LogP contribution in [-0.2, 0) is 24.8 Å². The first-order valence-corrected chi connectivity index (χ1v) is 16.7. The lowest BCUT2D eigenvalue weighted by Gasteiger charge is -2.35. The first kappa shape index (κ1) is 32.2. The lowest BCUT2D eigenvalue weighted by atomic mass is 10.0. The Morgan fingerprint density at radius 1 is 1.12 bits per heavy atom. The summed E-state index contributed by atoms with van der Waals surface area (Å²) in [6.45, 7) is 3.37. The van der Waals surface area contributed by atoms with Gasteiger partial charge < -0.3 is 29.8 Å². The summed E-state index contributed by atoms with van der Waals surface area (Å²) in [7, 11) is 3.40. The molecule has 1 fully saturated rings. The molecular weight excluding hydrogens is 635 g/mol. The molecule has 3 atom stereocenters. The number of pyridine rings is 2. The average Bonchev–Trinajstić information content (AvgIpc) is 3.60. The Morgan fingerprint density at radius 2 is 1.96 bits per heavy atom. The van der Waals surface area contributed by atoms with Crippen molar-refractivity contribution >= 4 is 45.5 Å². The number of carbonyl (C=O) groups is 2. The van der Waals surface area contributed by atoms with E-state index in [1.165, 1.54) is 12.3 Å². The summed E-state index contributed by atoms with van der Waals surface area (Å²) in [6, 6.07) is 9.92. The van der Waals surface area contributed by atoms with Crippen molar-refractivity contribution in [1.82, 2.24) is 34.3 Å². The molecule has 2 bridgehead atoms. The second-order valence-corrected chi connectivity index (χ2v) is 13.2. The summed E-state index contributed by atoms with van der Waals surface area (Å²) in [5.41, 5.74) is 10.8. The minimum Gasteiger partial charge on any atom is -0.380 e. The number of aromatic nitrogens is 5. The number of piperidine rings is 1. The fourth-order valence-electron chi connectivity index (χ4n) is 7.05. The first-order valence-electron chi connectivity index (χ1n) is 16.3. The van der Waals surface area contributed by atoms with Crippen molar-refractivity contribution < 1.29 is 18.7 Å². The maximum atomic E-state index is 15.8. The predicted molar refractivity (Wildman–Crippen MR) is 181 cm³/mol. The van der Waals surface area contributed by atoms with Gasteiger partial charge in [0.05, 0.1) is 34.6 Å². The van der Waals surface area contributed by atoms with Crippen LogP contribution in [0.2, 0.25) is 5.15 Å². The number of aryl methyl sites for hydroxylation is 3. The minimum atomic E-state index is -0.522. The van der Waals surface area contributed by atoms with Crippen LogP contribution in [-0.4, -0.2) is 73.1 Å². The number of fused-ring (bicyclic) bond motifs is 3. The monoisotopic (exact) mass is 672 g/mol. The molecule has 4 aromatic heterocycles. The van der Waals surface area contributed by atoms with Crippen molar-refractivity contribution in [3.63, 3.8) is 0 Å². The van der Waals surface area contributed by atoms with Crippen LogP contribution >= 0.6 is 11.6 Å². The van der Waals surface area contributed by atoms with Gasteiger partial charge in [-0.1, -0.05) is 18.0 Å². The van der Waals surface area contributed by atoms with Crippen molar-refractivity contribution in [2.75, 3.05) is 20.2 Å². The summed E-state index contributed by atoms with van der Waals surface area (Å²) in [5, 5.41) is 4.33. The molecule has 7 rings (SSSR count). The number of methoxy groups -OCH3 is 1. The summed E-state index contributed by atoms with van der Waals surface area (Å²) < 4.78 is 25.1. The Morgan fingerprint density at radius 3 is 2.75 bits per heavy atom. The van der Waals surface area contributed by atoms with E-state index in [-0.39, 0.29) is 35.6 Å². The number of carbonyl (C=O) groups excluding carboxylic acids is 2. The number of amides is 2. The van der Waals surface area contributed by atoms with Crippen molar-refractivity contribution in [1.29, 1.82) is 0 Å². The smallest absolute Gasteiger partial charge is 0.254 e. The molecule has 0 radical (unpaired) electrons. The maximum Gasteiger partial charge on any atom is 0.254 e. The summed E-state index contributed by atoms with van der Waals surface area (Å²) in [6.07, 6.45) is 5.33. The number of nitrogens with one attached hydrogen (secondary N) is 1. The van der Waals surface area contributed by atoms with E-state index in [0.717, 1.165) is 41.6 Å². The van der Waals surface area contributed by atoms with Gasteiger partial charge in [-0.15, -0.1) is 0 Å². The molecule has 0 unspecified atom stereocenters. The molecule has 13 heteroatoms. The van der Waals surface area contributed by atoms with Crippen molar-refractivity contribution in [3.8, 4) is 11.5 Å². The largest absolute Gasteiger partial charge is 0.380 e. The quantitative estimate of drug-likeness (QED) is 0.252. The number of nitrogens with zero attached hydrogens (tertiary/aromatic N) is 6. The Bertz CT molecular complexity index is 2060. The highest BCUT2D eigenvalue weighted by Gasteiger charge is 2.31. The Labute approximate surface area is 282 Å². The number of halogens is 2. The molecule has 2 amide bonds. The molecule has 0 aliphatic carbocycles. The van der Waals surface area contributed by atoms with Gasteiger partial charge in [0, 0.05) is 57.0 Å². The Balaban J connectivity index is 1.25. The highest BCUT2D eigenvalue weighted by Crippen LogP contribution is 2.33. The van der Waals surface area contributed by atoms with Gasteiger partial charge in [0.1, 0.15) is 22.1 Å². The van der Waals surface area contributed by atoms with E-state index in [4.69, 9.17) is 32.0 Å². The molecule has 48 heavy (non-hydrogen) atoms. The highest BCUT2D eigenvalue weighted by atomic mass is 35.5. The number of ether oxygens (including phenoxy) is 1. The molecule has 2 aliphatic rings. The third kappa shape index (κ3) is 5.82. The molecule has 0 spiro atoms. The van der Waals surface area contributed by atoms with E-state index in [1.807, 2.05) is 25.1 Å². The minimum absolute atomic E-state index is 0.115.